The number of carboxylic acids is 1. The Labute approximate surface area is 51.2 Å². The SMILES string of the molecule is O=C(O)C(F)=C1CNC1. The van der Waals surface area contributed by atoms with Gasteiger partial charge in [0.25, 0.3) is 0 Å². The fourth-order valence-electron chi connectivity index (χ4n) is 0.556. The number of hydrogen-bond acceptors (Lipinski definition) is 2. The van der Waals surface area contributed by atoms with Crippen LogP contribution in [0.3, 0.4) is 0 Å². The first-order chi connectivity index (χ1) is 4.22. The van der Waals surface area contributed by atoms with E-state index in [4.69, 9.17) is 5.11 Å². The lowest BCUT2D eigenvalue weighted by molar-refractivity contribution is -0.134. The van der Waals surface area contributed by atoms with Crippen LogP contribution >= 0.6 is 0 Å². The summed E-state index contributed by atoms with van der Waals surface area (Å²) >= 11 is 0. The number of nitrogens with one attached hydrogen (secondary N) is 1. The van der Waals surface area contributed by atoms with Gasteiger partial charge in [0.15, 0.2) is 0 Å². The molecular weight excluding hydrogens is 125 g/mol. The largest absolute Gasteiger partial charge is 0.476 e. The third kappa shape index (κ3) is 1.08. The van der Waals surface area contributed by atoms with Crippen molar-refractivity contribution in [3.05, 3.63) is 11.4 Å². The number of carboxylic acid groups (broad SMARTS) is 1. The van der Waals surface area contributed by atoms with Gasteiger partial charge in [-0.1, -0.05) is 0 Å². The van der Waals surface area contributed by atoms with Crippen molar-refractivity contribution >= 4 is 5.97 Å². The summed E-state index contributed by atoms with van der Waals surface area (Å²) < 4.78 is 12.2. The maximum absolute atomic E-state index is 12.2. The van der Waals surface area contributed by atoms with E-state index in [9.17, 15) is 9.18 Å². The Hall–Kier alpha value is -0.900. The van der Waals surface area contributed by atoms with Crippen LogP contribution in [0.25, 0.3) is 0 Å². The molecule has 1 saturated heterocycles. The van der Waals surface area contributed by atoms with Crippen molar-refractivity contribution in [2.24, 2.45) is 0 Å². The minimum atomic E-state index is -1.47. The van der Waals surface area contributed by atoms with E-state index >= 15 is 0 Å². The van der Waals surface area contributed by atoms with Crippen LogP contribution in [0.15, 0.2) is 11.4 Å². The fourth-order valence-corrected chi connectivity index (χ4v) is 0.556. The molecule has 0 atom stereocenters. The quantitative estimate of drug-likeness (QED) is 0.488. The number of halogens is 1. The molecule has 1 aliphatic rings. The highest BCUT2D eigenvalue weighted by Crippen LogP contribution is 2.09. The zero-order chi connectivity index (χ0) is 6.85. The van der Waals surface area contributed by atoms with Gasteiger partial charge in [0.2, 0.25) is 5.83 Å². The summed E-state index contributed by atoms with van der Waals surface area (Å²) in [5.74, 6) is -2.47. The van der Waals surface area contributed by atoms with E-state index in [0.29, 0.717) is 18.7 Å². The normalized spacial score (nSPS) is 16.8. The molecule has 1 rings (SSSR count). The van der Waals surface area contributed by atoms with Crippen LogP contribution in [0.1, 0.15) is 0 Å². The summed E-state index contributed by atoms with van der Waals surface area (Å²) in [6.07, 6.45) is 0. The van der Waals surface area contributed by atoms with Gasteiger partial charge in [0.1, 0.15) is 0 Å². The molecule has 0 radical (unpaired) electrons. The van der Waals surface area contributed by atoms with Gasteiger partial charge in [-0.25, -0.2) is 4.79 Å². The highest BCUT2D eigenvalue weighted by molar-refractivity contribution is 5.85. The molecular formula is C5H6FNO2. The maximum Gasteiger partial charge on any atom is 0.364 e. The van der Waals surface area contributed by atoms with E-state index in [-0.39, 0.29) is 0 Å². The van der Waals surface area contributed by atoms with E-state index in [1.807, 2.05) is 0 Å². The summed E-state index contributed by atoms with van der Waals surface area (Å²) in [6, 6.07) is 0. The zero-order valence-corrected chi connectivity index (χ0v) is 4.65. The number of carbonyl (C=O) groups is 1. The lowest BCUT2D eigenvalue weighted by atomic mass is 10.1. The second-order valence-electron chi connectivity index (χ2n) is 1.83. The van der Waals surface area contributed by atoms with Crippen molar-refractivity contribution in [2.75, 3.05) is 13.1 Å². The molecule has 50 valence electrons. The smallest absolute Gasteiger partial charge is 0.364 e. The molecule has 0 aromatic rings. The Balaban J connectivity index is 2.67. The van der Waals surface area contributed by atoms with Gasteiger partial charge in [-0.3, -0.25) is 0 Å². The second-order valence-corrected chi connectivity index (χ2v) is 1.83. The van der Waals surface area contributed by atoms with Crippen LogP contribution in [0.5, 0.6) is 0 Å². The number of aliphatic carboxylic acids is 1. The van der Waals surface area contributed by atoms with Crippen molar-refractivity contribution in [3.63, 3.8) is 0 Å². The summed E-state index contributed by atoms with van der Waals surface area (Å²) in [7, 11) is 0. The molecule has 0 spiro atoms. The molecule has 0 aliphatic carbocycles. The predicted octanol–water partition coefficient (Wildman–Crippen LogP) is -0.102. The average Bonchev–Trinajstić information content (AvgIpc) is 1.60. The molecule has 0 saturated carbocycles. The first-order valence-corrected chi connectivity index (χ1v) is 2.53. The monoisotopic (exact) mass is 131 g/mol. The molecule has 0 bridgehead atoms. The van der Waals surface area contributed by atoms with E-state index in [1.54, 1.807) is 0 Å². The van der Waals surface area contributed by atoms with Crippen molar-refractivity contribution in [3.8, 4) is 0 Å². The Morgan fingerprint density at radius 2 is 2.22 bits per heavy atom. The molecule has 0 unspecified atom stereocenters. The molecule has 1 fully saturated rings. The van der Waals surface area contributed by atoms with Crippen molar-refractivity contribution < 1.29 is 14.3 Å². The molecule has 4 heteroatoms. The van der Waals surface area contributed by atoms with E-state index in [2.05, 4.69) is 5.32 Å². The fraction of sp³-hybridized carbons (Fsp3) is 0.400. The van der Waals surface area contributed by atoms with Crippen LogP contribution in [-0.4, -0.2) is 24.2 Å². The molecule has 2 N–H and O–H groups in total. The molecule has 1 aliphatic heterocycles. The summed E-state index contributed by atoms with van der Waals surface area (Å²) in [5, 5.41) is 10.8. The highest BCUT2D eigenvalue weighted by atomic mass is 19.1. The topological polar surface area (TPSA) is 49.3 Å². The minimum absolute atomic E-state index is 0.350. The second kappa shape index (κ2) is 2.14. The molecule has 9 heavy (non-hydrogen) atoms. The molecule has 3 nitrogen and oxygen atoms in total. The predicted molar refractivity (Wildman–Crippen MR) is 28.6 cm³/mol. The lowest BCUT2D eigenvalue weighted by Crippen LogP contribution is -2.35. The van der Waals surface area contributed by atoms with Gasteiger partial charge in [-0.15, -0.1) is 0 Å². The van der Waals surface area contributed by atoms with E-state index in [1.165, 1.54) is 0 Å². The van der Waals surface area contributed by atoms with Gasteiger partial charge in [0.05, 0.1) is 0 Å². The van der Waals surface area contributed by atoms with Crippen molar-refractivity contribution in [1.29, 1.82) is 0 Å². The Kier molecular flexibility index (Phi) is 1.48. The van der Waals surface area contributed by atoms with Crippen molar-refractivity contribution in [1.82, 2.24) is 5.32 Å². The average molecular weight is 131 g/mol. The van der Waals surface area contributed by atoms with Gasteiger partial charge < -0.3 is 10.4 Å². The maximum atomic E-state index is 12.2. The Morgan fingerprint density at radius 1 is 1.67 bits per heavy atom. The summed E-state index contributed by atoms with van der Waals surface area (Å²) in [6.45, 7) is 0.746. The molecule has 0 aromatic carbocycles. The third-order valence-corrected chi connectivity index (χ3v) is 1.17. The van der Waals surface area contributed by atoms with Gasteiger partial charge in [-0.05, 0) is 0 Å². The molecule has 1 heterocycles. The van der Waals surface area contributed by atoms with Crippen LogP contribution < -0.4 is 5.32 Å². The minimum Gasteiger partial charge on any atom is -0.476 e. The lowest BCUT2D eigenvalue weighted by Gasteiger charge is -2.17. The standard InChI is InChI=1S/C5H6FNO2/c6-4(5(8)9)3-1-7-2-3/h7H,1-2H2,(H,8,9). The molecule has 0 aromatic heterocycles. The van der Waals surface area contributed by atoms with Crippen LogP contribution in [0.4, 0.5) is 4.39 Å². The van der Waals surface area contributed by atoms with Gasteiger partial charge >= 0.3 is 5.97 Å². The van der Waals surface area contributed by atoms with E-state index in [0.717, 1.165) is 0 Å². The summed E-state index contributed by atoms with van der Waals surface area (Å²) in [5.41, 5.74) is 0.350. The first kappa shape index (κ1) is 6.22. The van der Waals surface area contributed by atoms with Gasteiger partial charge in [-0.2, -0.15) is 4.39 Å². The van der Waals surface area contributed by atoms with Gasteiger partial charge in [0, 0.05) is 18.7 Å². The zero-order valence-electron chi connectivity index (χ0n) is 4.65. The number of hydrogen-bond donors (Lipinski definition) is 2. The Bertz CT molecular complexity index is 170. The molecule has 0 amide bonds. The van der Waals surface area contributed by atoms with Crippen LogP contribution in [-0.2, 0) is 4.79 Å². The Morgan fingerprint density at radius 3 is 2.33 bits per heavy atom. The van der Waals surface area contributed by atoms with Crippen LogP contribution in [0.2, 0.25) is 0 Å². The first-order valence-electron chi connectivity index (χ1n) is 2.53. The van der Waals surface area contributed by atoms with Crippen molar-refractivity contribution in [2.45, 2.75) is 0 Å². The van der Waals surface area contributed by atoms with E-state index < -0.39 is 11.8 Å². The van der Waals surface area contributed by atoms with Crippen LogP contribution in [0, 0.1) is 0 Å². The summed E-state index contributed by atoms with van der Waals surface area (Å²) in [4.78, 5) is 9.87. The highest BCUT2D eigenvalue weighted by Gasteiger charge is 2.18. The number of rotatable bonds is 1. The third-order valence-electron chi connectivity index (χ3n) is 1.17.